The van der Waals surface area contributed by atoms with Crippen molar-refractivity contribution in [2.24, 2.45) is 0 Å². The van der Waals surface area contributed by atoms with E-state index in [1.807, 2.05) is 24.3 Å². The number of aryl methyl sites for hydroxylation is 1. The van der Waals surface area contributed by atoms with Gasteiger partial charge in [0, 0.05) is 18.2 Å². The van der Waals surface area contributed by atoms with Gasteiger partial charge in [0.25, 0.3) is 0 Å². The summed E-state index contributed by atoms with van der Waals surface area (Å²) in [6.45, 7) is 6.65. The van der Waals surface area contributed by atoms with E-state index in [4.69, 9.17) is 18.9 Å². The third kappa shape index (κ3) is 3.89. The zero-order valence-corrected chi connectivity index (χ0v) is 15.1. The predicted octanol–water partition coefficient (Wildman–Crippen LogP) is 1.83. The van der Waals surface area contributed by atoms with Gasteiger partial charge in [-0.1, -0.05) is 12.7 Å². The summed E-state index contributed by atoms with van der Waals surface area (Å²) in [4.78, 5) is 16.5. The van der Waals surface area contributed by atoms with E-state index in [-0.39, 0.29) is 11.8 Å². The van der Waals surface area contributed by atoms with E-state index in [1.165, 1.54) is 0 Å². The van der Waals surface area contributed by atoms with Gasteiger partial charge in [-0.3, -0.25) is 4.57 Å². The summed E-state index contributed by atoms with van der Waals surface area (Å²) in [5.74, 6) is 1.10. The molecule has 2 aliphatic rings. The second-order valence-electron chi connectivity index (χ2n) is 6.46. The smallest absolute Gasteiger partial charge is 0.351 e. The third-order valence-corrected chi connectivity index (χ3v) is 4.62. The number of nitrogens with zero attached hydrogens (tertiary/aromatic N) is 2. The Bertz CT molecular complexity index is 886. The Labute approximate surface area is 157 Å². The average Bonchev–Trinajstić information content (AvgIpc) is 2.71. The van der Waals surface area contributed by atoms with E-state index in [1.54, 1.807) is 10.6 Å². The SMILES string of the molecule is C=CCOc1ccc2c(c1)CCn1c-2cc(OC[C@@H]2COCCO2)nc1=O. The average molecular weight is 370 g/mol. The number of rotatable bonds is 6. The maximum absolute atomic E-state index is 12.4. The van der Waals surface area contributed by atoms with E-state index < -0.39 is 0 Å². The van der Waals surface area contributed by atoms with Crippen LogP contribution in [0.25, 0.3) is 11.3 Å². The topological polar surface area (TPSA) is 71.8 Å². The van der Waals surface area contributed by atoms with Crippen molar-refractivity contribution in [3.63, 3.8) is 0 Å². The molecule has 2 aliphatic heterocycles. The first-order valence-electron chi connectivity index (χ1n) is 9.05. The van der Waals surface area contributed by atoms with E-state index in [9.17, 15) is 4.79 Å². The molecule has 0 radical (unpaired) electrons. The zero-order chi connectivity index (χ0) is 18.6. The van der Waals surface area contributed by atoms with Crippen LogP contribution in [0.15, 0.2) is 41.7 Å². The van der Waals surface area contributed by atoms with Crippen molar-refractivity contribution >= 4 is 0 Å². The van der Waals surface area contributed by atoms with Crippen molar-refractivity contribution in [1.29, 1.82) is 0 Å². The van der Waals surface area contributed by atoms with Crippen LogP contribution in [0.4, 0.5) is 0 Å². The number of ether oxygens (including phenoxy) is 4. The zero-order valence-electron chi connectivity index (χ0n) is 15.1. The summed E-state index contributed by atoms with van der Waals surface area (Å²) in [6, 6.07) is 7.70. The van der Waals surface area contributed by atoms with Crippen molar-refractivity contribution in [3.8, 4) is 22.9 Å². The summed E-state index contributed by atoms with van der Waals surface area (Å²) in [5, 5.41) is 0. The Kier molecular flexibility index (Phi) is 5.22. The third-order valence-electron chi connectivity index (χ3n) is 4.62. The fourth-order valence-corrected chi connectivity index (χ4v) is 3.31. The molecule has 27 heavy (non-hydrogen) atoms. The number of aromatic nitrogens is 2. The van der Waals surface area contributed by atoms with Crippen molar-refractivity contribution in [2.75, 3.05) is 33.0 Å². The summed E-state index contributed by atoms with van der Waals surface area (Å²) >= 11 is 0. The molecule has 0 amide bonds. The number of benzene rings is 1. The number of fused-ring (bicyclic) bond motifs is 3. The monoisotopic (exact) mass is 370 g/mol. The lowest BCUT2D eigenvalue weighted by Crippen LogP contribution is -2.34. The predicted molar refractivity (Wildman–Crippen MR) is 99.4 cm³/mol. The minimum atomic E-state index is -0.305. The molecule has 7 heteroatoms. The van der Waals surface area contributed by atoms with E-state index in [0.29, 0.717) is 45.5 Å². The molecule has 1 atom stereocenters. The van der Waals surface area contributed by atoms with Gasteiger partial charge >= 0.3 is 5.69 Å². The van der Waals surface area contributed by atoms with Crippen molar-refractivity contribution in [2.45, 2.75) is 19.1 Å². The number of hydrogen-bond acceptors (Lipinski definition) is 6. The fourth-order valence-electron chi connectivity index (χ4n) is 3.31. The van der Waals surface area contributed by atoms with Crippen molar-refractivity contribution in [1.82, 2.24) is 9.55 Å². The molecule has 1 fully saturated rings. The largest absolute Gasteiger partial charge is 0.490 e. The van der Waals surface area contributed by atoms with Crippen LogP contribution in [0, 0.1) is 0 Å². The molecule has 0 unspecified atom stereocenters. The van der Waals surface area contributed by atoms with Crippen LogP contribution in [-0.4, -0.2) is 48.7 Å². The molecule has 0 spiro atoms. The number of hydrogen-bond donors (Lipinski definition) is 0. The van der Waals surface area contributed by atoms with Crippen LogP contribution < -0.4 is 15.2 Å². The molecule has 4 rings (SSSR count). The Morgan fingerprint density at radius 1 is 1.30 bits per heavy atom. The first-order valence-corrected chi connectivity index (χ1v) is 9.05. The van der Waals surface area contributed by atoms with Crippen LogP contribution in [0.3, 0.4) is 0 Å². The second-order valence-corrected chi connectivity index (χ2v) is 6.46. The highest BCUT2D eigenvalue weighted by atomic mass is 16.6. The fraction of sp³-hybridized carbons (Fsp3) is 0.400. The quantitative estimate of drug-likeness (QED) is 0.723. The van der Waals surface area contributed by atoms with Crippen LogP contribution in [0.2, 0.25) is 0 Å². The van der Waals surface area contributed by atoms with Crippen molar-refractivity contribution in [3.05, 3.63) is 53.0 Å². The molecule has 0 N–H and O–H groups in total. The molecule has 142 valence electrons. The highest BCUT2D eigenvalue weighted by Gasteiger charge is 2.21. The minimum absolute atomic E-state index is 0.142. The lowest BCUT2D eigenvalue weighted by atomic mass is 9.97. The maximum atomic E-state index is 12.4. The summed E-state index contributed by atoms with van der Waals surface area (Å²) in [6.07, 6.45) is 2.32. The Balaban J connectivity index is 1.58. The molecule has 1 aromatic carbocycles. The molecule has 7 nitrogen and oxygen atoms in total. The normalized spacial score (nSPS) is 18.3. The van der Waals surface area contributed by atoms with Crippen LogP contribution in [0.5, 0.6) is 11.6 Å². The summed E-state index contributed by atoms with van der Waals surface area (Å²) < 4.78 is 23.9. The molecule has 1 saturated heterocycles. The van der Waals surface area contributed by atoms with Gasteiger partial charge in [0.2, 0.25) is 5.88 Å². The Morgan fingerprint density at radius 2 is 2.22 bits per heavy atom. The molecule has 0 bridgehead atoms. The van der Waals surface area contributed by atoms with E-state index in [0.717, 1.165) is 29.0 Å². The Morgan fingerprint density at radius 3 is 3.04 bits per heavy atom. The molecule has 0 aliphatic carbocycles. The van der Waals surface area contributed by atoms with Crippen LogP contribution in [0.1, 0.15) is 5.56 Å². The minimum Gasteiger partial charge on any atom is -0.490 e. The Hall–Kier alpha value is -2.64. The highest BCUT2D eigenvalue weighted by molar-refractivity contribution is 5.67. The molecular formula is C20H22N2O5. The van der Waals surface area contributed by atoms with E-state index in [2.05, 4.69) is 11.6 Å². The van der Waals surface area contributed by atoms with Crippen LogP contribution >= 0.6 is 0 Å². The molecular weight excluding hydrogens is 348 g/mol. The molecule has 0 saturated carbocycles. The van der Waals surface area contributed by atoms with Gasteiger partial charge in [-0.05, 0) is 30.2 Å². The van der Waals surface area contributed by atoms with Crippen molar-refractivity contribution < 1.29 is 18.9 Å². The molecule has 2 aromatic rings. The van der Waals surface area contributed by atoms with Gasteiger partial charge < -0.3 is 18.9 Å². The summed E-state index contributed by atoms with van der Waals surface area (Å²) in [7, 11) is 0. The first kappa shape index (κ1) is 17.8. The molecule has 3 heterocycles. The maximum Gasteiger partial charge on any atom is 0.351 e. The second kappa shape index (κ2) is 7.94. The lowest BCUT2D eigenvalue weighted by Gasteiger charge is -2.24. The van der Waals surface area contributed by atoms with Gasteiger partial charge in [0.15, 0.2) is 0 Å². The standard InChI is InChI=1S/C20H22N2O5/c1-2-7-25-15-3-4-17-14(10-15)5-6-22-18(17)11-19(21-20(22)23)27-13-16-12-24-8-9-26-16/h2-4,10-11,16H,1,5-9,12-13H2/t16-/m0/s1. The van der Waals surface area contributed by atoms with E-state index >= 15 is 0 Å². The van der Waals surface area contributed by atoms with Gasteiger partial charge in [0.05, 0.1) is 25.5 Å². The van der Waals surface area contributed by atoms with Gasteiger partial charge in [-0.15, -0.1) is 0 Å². The first-order chi connectivity index (χ1) is 13.2. The molecule has 1 aromatic heterocycles. The summed E-state index contributed by atoms with van der Waals surface area (Å²) in [5.41, 5.74) is 2.63. The van der Waals surface area contributed by atoms with Gasteiger partial charge in [-0.2, -0.15) is 4.98 Å². The van der Waals surface area contributed by atoms with Gasteiger partial charge in [0.1, 0.15) is 25.1 Å². The van der Waals surface area contributed by atoms with Gasteiger partial charge in [-0.25, -0.2) is 4.79 Å². The highest BCUT2D eigenvalue weighted by Crippen LogP contribution is 2.32. The van der Waals surface area contributed by atoms with Crippen LogP contribution in [-0.2, 0) is 22.4 Å². The lowest BCUT2D eigenvalue weighted by molar-refractivity contribution is -0.102.